The molecule has 0 bridgehead atoms. The van der Waals surface area contributed by atoms with E-state index in [0.717, 1.165) is 30.7 Å². The number of halogens is 3. The largest absolute Gasteiger partial charge is 0.393 e. The maximum atomic E-state index is 13.1. The summed E-state index contributed by atoms with van der Waals surface area (Å²) in [5.74, 6) is 1.00. The Bertz CT molecular complexity index is 897. The zero-order valence-electron chi connectivity index (χ0n) is 17.5. The van der Waals surface area contributed by atoms with Gasteiger partial charge in [-0.1, -0.05) is 23.7 Å². The van der Waals surface area contributed by atoms with Gasteiger partial charge in [0.15, 0.2) is 0 Å². The van der Waals surface area contributed by atoms with Crippen molar-refractivity contribution in [2.75, 3.05) is 13.1 Å². The normalized spacial score (nSPS) is 24.1. The van der Waals surface area contributed by atoms with E-state index in [1.54, 1.807) is 6.92 Å². The van der Waals surface area contributed by atoms with Gasteiger partial charge in [0.05, 0.1) is 6.10 Å². The summed E-state index contributed by atoms with van der Waals surface area (Å²) in [6.07, 6.45) is 3.57. The Morgan fingerprint density at radius 3 is 2.58 bits per heavy atom. The maximum absolute atomic E-state index is 13.1. The lowest BCUT2D eigenvalue weighted by Gasteiger charge is -2.44. The van der Waals surface area contributed by atoms with Crippen LogP contribution in [0.25, 0.3) is 0 Å². The predicted octanol–water partition coefficient (Wildman–Crippen LogP) is 2.99. The number of hydrogen-bond acceptors (Lipinski definition) is 5. The average Bonchev–Trinajstić information content (AvgIpc) is 3.11. The van der Waals surface area contributed by atoms with Crippen LogP contribution in [0.15, 0.2) is 24.3 Å². The number of nitrogens with two attached hydrogens (primary N) is 1. The highest BCUT2D eigenvalue weighted by Crippen LogP contribution is 2.41. The molecule has 1 atom stereocenters. The van der Waals surface area contributed by atoms with Crippen molar-refractivity contribution < 1.29 is 9.90 Å². The second-order valence-electron chi connectivity index (χ2n) is 8.37. The fraction of sp³-hybridized carbons (Fsp3) is 0.571. The molecule has 1 aromatic heterocycles. The van der Waals surface area contributed by atoms with Gasteiger partial charge in [0, 0.05) is 42.5 Å². The number of hydrogen-bond donors (Lipinski definition) is 2. The summed E-state index contributed by atoms with van der Waals surface area (Å²) in [4.78, 5) is 15.0. The fourth-order valence-corrected chi connectivity index (χ4v) is 5.02. The number of aliphatic hydroxyl groups is 1. The number of fused-ring (bicyclic) bond motifs is 1. The molecule has 4 rings (SSSR count). The number of benzene rings is 1. The molecule has 1 aromatic carbocycles. The number of rotatable bonds is 5. The Balaban J connectivity index is 0.00000171. The first kappa shape index (κ1) is 25.9. The molecule has 172 valence electrons. The van der Waals surface area contributed by atoms with E-state index in [0.29, 0.717) is 37.7 Å². The van der Waals surface area contributed by atoms with Crippen molar-refractivity contribution in [1.82, 2.24) is 19.7 Å². The van der Waals surface area contributed by atoms with Crippen molar-refractivity contribution in [1.29, 1.82) is 0 Å². The van der Waals surface area contributed by atoms with E-state index < -0.39 is 6.10 Å². The molecular weight excluding hydrogens is 461 g/mol. The Kier molecular flexibility index (Phi) is 8.76. The molecule has 0 saturated heterocycles. The van der Waals surface area contributed by atoms with Crippen LogP contribution in [0.3, 0.4) is 0 Å². The summed E-state index contributed by atoms with van der Waals surface area (Å²) in [6, 6.07) is 8.18. The van der Waals surface area contributed by atoms with Crippen LogP contribution in [0.4, 0.5) is 0 Å². The summed E-state index contributed by atoms with van der Waals surface area (Å²) < 4.78 is 1.85. The van der Waals surface area contributed by atoms with Gasteiger partial charge in [-0.05, 0) is 50.3 Å². The Morgan fingerprint density at radius 1 is 1.26 bits per heavy atom. The number of amides is 1. The van der Waals surface area contributed by atoms with Gasteiger partial charge in [-0.2, -0.15) is 0 Å². The molecule has 1 unspecified atom stereocenters. The lowest BCUT2D eigenvalue weighted by Crippen LogP contribution is -2.51. The van der Waals surface area contributed by atoms with Crippen LogP contribution in [0.1, 0.15) is 54.6 Å². The van der Waals surface area contributed by atoms with E-state index in [1.165, 1.54) is 5.56 Å². The van der Waals surface area contributed by atoms with E-state index in [1.807, 2.05) is 27.7 Å². The van der Waals surface area contributed by atoms with Crippen LogP contribution in [0, 0.1) is 0 Å². The molecular formula is C21H30Cl3N5O2. The number of carbonyl (C=O) groups excluding carboxylic acids is 1. The lowest BCUT2D eigenvalue weighted by molar-refractivity contribution is 0.0519. The highest BCUT2D eigenvalue weighted by Gasteiger charge is 2.40. The van der Waals surface area contributed by atoms with Crippen LogP contribution in [-0.4, -0.2) is 55.9 Å². The van der Waals surface area contributed by atoms with Gasteiger partial charge < -0.3 is 20.3 Å². The standard InChI is InChI=1S/C21H28ClN5O2.2ClH/c1-14(28)11-18-24-25-19-20(29)26(9-10-27(18)19)17-5-7-21(13-23,8-6-17)15-3-2-4-16(22)12-15;;/h2-4,12,14,17,28H,5-11,13,23H2,1H3;2*1H/t14?,17-,21-;;. The lowest BCUT2D eigenvalue weighted by atomic mass is 9.68. The molecule has 0 radical (unpaired) electrons. The molecule has 3 N–H and O–H groups in total. The predicted molar refractivity (Wildman–Crippen MR) is 125 cm³/mol. The molecule has 2 aliphatic rings. The van der Waals surface area contributed by atoms with Crippen molar-refractivity contribution in [3.63, 3.8) is 0 Å². The zero-order chi connectivity index (χ0) is 20.6. The van der Waals surface area contributed by atoms with Gasteiger partial charge in [0.25, 0.3) is 5.91 Å². The molecule has 2 heterocycles. The number of aliphatic hydroxyl groups excluding tert-OH is 1. The van der Waals surface area contributed by atoms with E-state index >= 15 is 0 Å². The van der Waals surface area contributed by atoms with Crippen LogP contribution < -0.4 is 5.73 Å². The molecule has 1 saturated carbocycles. The molecule has 0 spiro atoms. The SMILES string of the molecule is CC(O)Cc1nnc2n1CCN([C@H]1CC[C@](CN)(c3cccc(Cl)c3)CC1)C2=O.Cl.Cl. The van der Waals surface area contributed by atoms with Crippen molar-refractivity contribution in [3.05, 3.63) is 46.5 Å². The quantitative estimate of drug-likeness (QED) is 0.671. The van der Waals surface area contributed by atoms with Gasteiger partial charge >= 0.3 is 0 Å². The second kappa shape index (κ2) is 10.5. The third-order valence-electron chi connectivity index (χ3n) is 6.50. The van der Waals surface area contributed by atoms with Crippen molar-refractivity contribution >= 4 is 42.3 Å². The van der Waals surface area contributed by atoms with Crippen LogP contribution in [-0.2, 0) is 18.4 Å². The average molecular weight is 491 g/mol. The maximum Gasteiger partial charge on any atom is 0.292 e. The zero-order valence-corrected chi connectivity index (χ0v) is 19.9. The summed E-state index contributed by atoms with van der Waals surface area (Å²) >= 11 is 6.21. The Labute approximate surface area is 200 Å². The number of carbonyl (C=O) groups is 1. The summed E-state index contributed by atoms with van der Waals surface area (Å²) in [5, 5.41) is 18.6. The van der Waals surface area contributed by atoms with E-state index in [-0.39, 0.29) is 42.2 Å². The fourth-order valence-electron chi connectivity index (χ4n) is 4.83. The molecule has 7 nitrogen and oxygen atoms in total. The summed E-state index contributed by atoms with van der Waals surface area (Å²) in [5.41, 5.74) is 7.33. The summed E-state index contributed by atoms with van der Waals surface area (Å²) in [7, 11) is 0. The third-order valence-corrected chi connectivity index (χ3v) is 6.74. The Morgan fingerprint density at radius 2 is 1.97 bits per heavy atom. The van der Waals surface area contributed by atoms with Crippen molar-refractivity contribution in [2.24, 2.45) is 5.73 Å². The minimum absolute atomic E-state index is 0. The minimum atomic E-state index is -0.509. The molecule has 1 amide bonds. The summed E-state index contributed by atoms with van der Waals surface area (Å²) in [6.45, 7) is 3.60. The second-order valence-corrected chi connectivity index (χ2v) is 8.81. The molecule has 2 aromatic rings. The van der Waals surface area contributed by atoms with Crippen molar-refractivity contribution in [2.45, 2.75) is 63.1 Å². The van der Waals surface area contributed by atoms with Gasteiger partial charge in [-0.25, -0.2) is 0 Å². The first-order valence-electron chi connectivity index (χ1n) is 10.3. The van der Waals surface area contributed by atoms with Crippen LogP contribution in [0.5, 0.6) is 0 Å². The number of aromatic nitrogens is 3. The van der Waals surface area contributed by atoms with Gasteiger partial charge in [-0.3, -0.25) is 4.79 Å². The highest BCUT2D eigenvalue weighted by atomic mass is 35.5. The van der Waals surface area contributed by atoms with Gasteiger partial charge in [0.1, 0.15) is 5.82 Å². The first-order valence-corrected chi connectivity index (χ1v) is 10.7. The molecule has 1 aliphatic heterocycles. The van der Waals surface area contributed by atoms with E-state index in [2.05, 4.69) is 16.3 Å². The number of nitrogens with zero attached hydrogens (tertiary/aromatic N) is 4. The van der Waals surface area contributed by atoms with Crippen molar-refractivity contribution in [3.8, 4) is 0 Å². The molecule has 1 aliphatic carbocycles. The monoisotopic (exact) mass is 489 g/mol. The van der Waals surface area contributed by atoms with Crippen LogP contribution in [0.2, 0.25) is 5.02 Å². The van der Waals surface area contributed by atoms with Gasteiger partial charge in [0.2, 0.25) is 5.82 Å². The Hall–Kier alpha value is -1.38. The smallest absolute Gasteiger partial charge is 0.292 e. The molecule has 31 heavy (non-hydrogen) atoms. The third kappa shape index (κ3) is 5.01. The molecule has 1 fully saturated rings. The van der Waals surface area contributed by atoms with Gasteiger partial charge in [-0.15, -0.1) is 35.0 Å². The van der Waals surface area contributed by atoms with E-state index in [9.17, 15) is 9.90 Å². The topological polar surface area (TPSA) is 97.3 Å². The minimum Gasteiger partial charge on any atom is -0.393 e. The highest BCUT2D eigenvalue weighted by molar-refractivity contribution is 6.30. The first-order chi connectivity index (χ1) is 13.9. The molecule has 10 heteroatoms. The van der Waals surface area contributed by atoms with Crippen LogP contribution >= 0.6 is 36.4 Å². The van der Waals surface area contributed by atoms with E-state index in [4.69, 9.17) is 17.3 Å².